The summed E-state index contributed by atoms with van der Waals surface area (Å²) in [5, 5.41) is 23.6. The van der Waals surface area contributed by atoms with Gasteiger partial charge in [0, 0.05) is 30.8 Å². The first-order chi connectivity index (χ1) is 10.0. The lowest BCUT2D eigenvalue weighted by molar-refractivity contribution is -0.384. The number of nitrogens with one attached hydrogen (secondary N) is 1. The van der Waals surface area contributed by atoms with Gasteiger partial charge in [0.1, 0.15) is 6.07 Å². The maximum absolute atomic E-state index is 10.8. The zero-order chi connectivity index (χ0) is 15.4. The second-order valence-electron chi connectivity index (χ2n) is 5.61. The molecule has 1 N–H and O–H groups in total. The minimum atomic E-state index is -0.469. The summed E-state index contributed by atoms with van der Waals surface area (Å²) in [7, 11) is 0. The average Bonchev–Trinajstić information content (AvgIpc) is 2.96. The predicted molar refractivity (Wildman–Crippen MR) is 81.3 cm³/mol. The van der Waals surface area contributed by atoms with E-state index in [1.54, 1.807) is 6.07 Å². The highest BCUT2D eigenvalue weighted by atomic mass is 16.6. The monoisotopic (exact) mass is 288 g/mol. The van der Waals surface area contributed by atoms with Gasteiger partial charge in [0.05, 0.1) is 16.2 Å². The van der Waals surface area contributed by atoms with E-state index in [1.165, 1.54) is 18.6 Å². The number of nitrogens with zero attached hydrogens (tertiary/aromatic N) is 3. The van der Waals surface area contributed by atoms with Gasteiger partial charge in [-0.15, -0.1) is 0 Å². The summed E-state index contributed by atoms with van der Waals surface area (Å²) in [6.45, 7) is 5.97. The molecule has 0 radical (unpaired) electrons. The molecule has 0 bridgehead atoms. The van der Waals surface area contributed by atoms with Crippen LogP contribution >= 0.6 is 0 Å². The van der Waals surface area contributed by atoms with Gasteiger partial charge in [-0.05, 0) is 39.3 Å². The number of non-ortho nitro benzene ring substituents is 1. The molecule has 0 amide bonds. The lowest BCUT2D eigenvalue weighted by Crippen LogP contribution is -2.41. The molecular weight excluding hydrogens is 268 g/mol. The first-order valence-corrected chi connectivity index (χ1v) is 7.21. The van der Waals surface area contributed by atoms with Crippen molar-refractivity contribution in [2.75, 3.05) is 18.0 Å². The Morgan fingerprint density at radius 2 is 2.33 bits per heavy atom. The van der Waals surface area contributed by atoms with Crippen molar-refractivity contribution in [3.8, 4) is 6.07 Å². The third-order valence-electron chi connectivity index (χ3n) is 3.82. The quantitative estimate of drug-likeness (QED) is 0.664. The van der Waals surface area contributed by atoms with E-state index in [2.05, 4.69) is 30.1 Å². The summed E-state index contributed by atoms with van der Waals surface area (Å²) < 4.78 is 0. The lowest BCUT2D eigenvalue weighted by Gasteiger charge is -2.32. The standard InChI is InChI=1S/C15H20N4O2/c1-11(2)18(10-13-4-3-7-17-13)15-6-5-14(19(20)21)8-12(15)9-16/h5-6,8,11,13,17H,3-4,7,10H2,1-2H3. The van der Waals surface area contributed by atoms with Gasteiger partial charge in [0.15, 0.2) is 0 Å². The highest BCUT2D eigenvalue weighted by Gasteiger charge is 2.23. The Kier molecular flexibility index (Phi) is 4.76. The van der Waals surface area contributed by atoms with Gasteiger partial charge >= 0.3 is 0 Å². The molecule has 1 atom stereocenters. The van der Waals surface area contributed by atoms with Crippen LogP contribution in [-0.4, -0.2) is 30.1 Å². The molecule has 0 spiro atoms. The van der Waals surface area contributed by atoms with Crippen molar-refractivity contribution < 1.29 is 4.92 Å². The molecule has 112 valence electrons. The number of hydrogen-bond donors (Lipinski definition) is 1. The third-order valence-corrected chi connectivity index (χ3v) is 3.82. The van der Waals surface area contributed by atoms with Crippen LogP contribution in [-0.2, 0) is 0 Å². The second kappa shape index (κ2) is 6.55. The highest BCUT2D eigenvalue weighted by molar-refractivity contribution is 5.63. The van der Waals surface area contributed by atoms with Crippen LogP contribution in [0.25, 0.3) is 0 Å². The topological polar surface area (TPSA) is 82.2 Å². The molecule has 6 heteroatoms. The van der Waals surface area contributed by atoms with Crippen LogP contribution in [0.1, 0.15) is 32.3 Å². The Labute approximate surface area is 124 Å². The summed E-state index contributed by atoms with van der Waals surface area (Å²) in [5.41, 5.74) is 1.08. The molecule has 1 aliphatic heterocycles. The fraction of sp³-hybridized carbons (Fsp3) is 0.533. The fourth-order valence-electron chi connectivity index (χ4n) is 2.71. The maximum Gasteiger partial charge on any atom is 0.270 e. The Hall–Kier alpha value is -2.13. The summed E-state index contributed by atoms with van der Waals surface area (Å²) in [5.74, 6) is 0. The molecule has 1 aliphatic rings. The molecule has 0 saturated carbocycles. The van der Waals surface area contributed by atoms with Crippen LogP contribution in [0.3, 0.4) is 0 Å². The summed E-state index contributed by atoms with van der Waals surface area (Å²) >= 11 is 0. The molecule has 21 heavy (non-hydrogen) atoms. The van der Waals surface area contributed by atoms with E-state index in [1.807, 2.05) is 0 Å². The number of benzene rings is 1. The summed E-state index contributed by atoms with van der Waals surface area (Å²) in [6, 6.07) is 7.22. The highest BCUT2D eigenvalue weighted by Crippen LogP contribution is 2.27. The molecule has 1 heterocycles. The molecule has 1 aromatic carbocycles. The first-order valence-electron chi connectivity index (χ1n) is 7.21. The van der Waals surface area contributed by atoms with Gasteiger partial charge < -0.3 is 10.2 Å². The maximum atomic E-state index is 10.8. The third kappa shape index (κ3) is 3.50. The number of nitro benzene ring substituents is 1. The molecule has 6 nitrogen and oxygen atoms in total. The Morgan fingerprint density at radius 3 is 2.86 bits per heavy atom. The van der Waals surface area contributed by atoms with E-state index in [9.17, 15) is 15.4 Å². The normalized spacial score (nSPS) is 17.7. The minimum absolute atomic E-state index is 0.0435. The van der Waals surface area contributed by atoms with Crippen molar-refractivity contribution >= 4 is 11.4 Å². The summed E-state index contributed by atoms with van der Waals surface area (Å²) in [6.07, 6.45) is 2.29. The van der Waals surface area contributed by atoms with Crippen molar-refractivity contribution in [2.24, 2.45) is 0 Å². The van der Waals surface area contributed by atoms with Crippen molar-refractivity contribution in [3.63, 3.8) is 0 Å². The van der Waals surface area contributed by atoms with Gasteiger partial charge in [0.2, 0.25) is 0 Å². The van der Waals surface area contributed by atoms with Crippen LogP contribution in [0.4, 0.5) is 11.4 Å². The van der Waals surface area contributed by atoms with Crippen molar-refractivity contribution in [1.29, 1.82) is 5.26 Å². The Morgan fingerprint density at radius 1 is 1.57 bits per heavy atom. The van der Waals surface area contributed by atoms with Crippen molar-refractivity contribution in [1.82, 2.24) is 5.32 Å². The van der Waals surface area contributed by atoms with Crippen molar-refractivity contribution in [2.45, 2.75) is 38.8 Å². The molecule has 1 fully saturated rings. The Balaban J connectivity index is 2.31. The number of hydrogen-bond acceptors (Lipinski definition) is 5. The van der Waals surface area contributed by atoms with Gasteiger partial charge in [-0.2, -0.15) is 5.26 Å². The number of rotatable bonds is 5. The zero-order valence-electron chi connectivity index (χ0n) is 12.4. The van der Waals surface area contributed by atoms with E-state index in [0.29, 0.717) is 11.6 Å². The van der Waals surface area contributed by atoms with Crippen molar-refractivity contribution in [3.05, 3.63) is 33.9 Å². The van der Waals surface area contributed by atoms with Crippen LogP contribution in [0.2, 0.25) is 0 Å². The molecule has 1 aromatic rings. The number of nitro groups is 1. The zero-order valence-corrected chi connectivity index (χ0v) is 12.4. The molecule has 1 unspecified atom stereocenters. The van der Waals surface area contributed by atoms with E-state index in [-0.39, 0.29) is 11.7 Å². The van der Waals surface area contributed by atoms with Gasteiger partial charge in [-0.1, -0.05) is 0 Å². The van der Waals surface area contributed by atoms with Crippen LogP contribution in [0, 0.1) is 21.4 Å². The van der Waals surface area contributed by atoms with E-state index in [0.717, 1.165) is 25.2 Å². The average molecular weight is 288 g/mol. The second-order valence-corrected chi connectivity index (χ2v) is 5.61. The lowest BCUT2D eigenvalue weighted by atomic mass is 10.1. The number of anilines is 1. The molecular formula is C15H20N4O2. The molecule has 2 rings (SSSR count). The predicted octanol–water partition coefficient (Wildman–Crippen LogP) is 2.43. The summed E-state index contributed by atoms with van der Waals surface area (Å²) in [4.78, 5) is 12.5. The largest absolute Gasteiger partial charge is 0.366 e. The van der Waals surface area contributed by atoms with Gasteiger partial charge in [-0.25, -0.2) is 0 Å². The van der Waals surface area contributed by atoms with E-state index < -0.39 is 4.92 Å². The minimum Gasteiger partial charge on any atom is -0.366 e. The Bertz CT molecular complexity index is 559. The first kappa shape index (κ1) is 15.3. The molecule has 1 saturated heterocycles. The van der Waals surface area contributed by atoms with E-state index >= 15 is 0 Å². The fourth-order valence-corrected chi connectivity index (χ4v) is 2.71. The SMILES string of the molecule is CC(C)N(CC1CCCN1)c1ccc([N+](=O)[O-])cc1C#N. The van der Waals surface area contributed by atoms with Crippen LogP contribution in [0.5, 0.6) is 0 Å². The smallest absolute Gasteiger partial charge is 0.270 e. The van der Waals surface area contributed by atoms with E-state index in [4.69, 9.17) is 0 Å². The van der Waals surface area contributed by atoms with Gasteiger partial charge in [-0.3, -0.25) is 10.1 Å². The molecule has 0 aliphatic carbocycles. The van der Waals surface area contributed by atoms with Crippen LogP contribution in [0.15, 0.2) is 18.2 Å². The molecule has 0 aromatic heterocycles. The number of nitriles is 1. The van der Waals surface area contributed by atoms with Crippen LogP contribution < -0.4 is 10.2 Å². The van der Waals surface area contributed by atoms with Gasteiger partial charge in [0.25, 0.3) is 5.69 Å².